The Labute approximate surface area is 57.9 Å². The van der Waals surface area contributed by atoms with Crippen molar-refractivity contribution in [2.24, 2.45) is 11.5 Å². The second-order valence-corrected chi connectivity index (χ2v) is 1.74. The Hall–Kier alpha value is -1.36. The minimum atomic E-state index is -2.17. The fourth-order valence-electron chi connectivity index (χ4n) is 0.323. The standard InChI is InChI=1S/C5H8N3O2/c1-2-5(8,3(6)9)4(7)10/h2,8H,1H2,(H2,6,9)(H2,7,10). The van der Waals surface area contributed by atoms with Crippen LogP contribution >= 0.6 is 0 Å². The molecule has 1 radical (unpaired) electrons. The third-order valence-electron chi connectivity index (χ3n) is 1.08. The van der Waals surface area contributed by atoms with E-state index in [2.05, 4.69) is 18.0 Å². The molecule has 5 heteroatoms. The highest BCUT2D eigenvalue weighted by Crippen LogP contribution is 2.00. The van der Waals surface area contributed by atoms with Gasteiger partial charge < -0.3 is 11.5 Å². The van der Waals surface area contributed by atoms with Crippen LogP contribution in [0.15, 0.2) is 12.7 Å². The number of carbonyl (C=O) groups is 2. The summed E-state index contributed by atoms with van der Waals surface area (Å²) in [5.41, 5.74) is 14.2. The number of hydrogen-bond donors (Lipinski definition) is 2. The summed E-state index contributed by atoms with van der Waals surface area (Å²) >= 11 is 0. The Kier molecular flexibility index (Phi) is 2.15. The van der Waals surface area contributed by atoms with Crippen LogP contribution in [0.1, 0.15) is 0 Å². The number of rotatable bonds is 3. The van der Waals surface area contributed by atoms with E-state index in [1.807, 2.05) is 0 Å². The number of nitrogens with one attached hydrogen (secondary N) is 1. The second-order valence-electron chi connectivity index (χ2n) is 1.74. The van der Waals surface area contributed by atoms with Crippen LogP contribution in [0.5, 0.6) is 0 Å². The lowest BCUT2D eigenvalue weighted by molar-refractivity contribution is -0.131. The summed E-state index contributed by atoms with van der Waals surface area (Å²) in [4.78, 5) is 20.7. The van der Waals surface area contributed by atoms with E-state index in [-0.39, 0.29) is 0 Å². The molecule has 0 rings (SSSR count). The van der Waals surface area contributed by atoms with Gasteiger partial charge in [0, 0.05) is 0 Å². The van der Waals surface area contributed by atoms with Crippen molar-refractivity contribution in [3.05, 3.63) is 12.7 Å². The number of carbonyl (C=O) groups excluding carboxylic acids is 2. The summed E-state index contributed by atoms with van der Waals surface area (Å²) < 4.78 is 0. The van der Waals surface area contributed by atoms with Crippen LogP contribution in [0.3, 0.4) is 0 Å². The highest BCUT2D eigenvalue weighted by Gasteiger charge is 2.35. The van der Waals surface area contributed by atoms with Crippen LogP contribution in [0.2, 0.25) is 0 Å². The van der Waals surface area contributed by atoms with Crippen LogP contribution in [-0.4, -0.2) is 17.4 Å². The highest BCUT2D eigenvalue weighted by atomic mass is 16.2. The fraction of sp³-hybridized carbons (Fsp3) is 0.200. The summed E-state index contributed by atoms with van der Waals surface area (Å²) in [7, 11) is 0. The lowest BCUT2D eigenvalue weighted by Crippen LogP contribution is -2.53. The molecule has 0 unspecified atom stereocenters. The van der Waals surface area contributed by atoms with Crippen molar-refractivity contribution < 1.29 is 9.59 Å². The molecule has 0 aliphatic heterocycles. The SMILES string of the molecule is C=CC([NH])(C(N)=O)C(N)=O. The quantitative estimate of drug-likeness (QED) is 0.356. The van der Waals surface area contributed by atoms with Crippen molar-refractivity contribution in [1.29, 1.82) is 0 Å². The molecule has 0 aliphatic carbocycles. The number of nitrogens with two attached hydrogens (primary N) is 2. The average molecular weight is 142 g/mol. The molecule has 0 fully saturated rings. The molecule has 55 valence electrons. The van der Waals surface area contributed by atoms with Crippen molar-refractivity contribution in [3.8, 4) is 0 Å². The topological polar surface area (TPSA) is 110 Å². The van der Waals surface area contributed by atoms with Crippen LogP contribution in [0.4, 0.5) is 0 Å². The smallest absolute Gasteiger partial charge is 0.252 e. The minimum absolute atomic E-state index is 0.803. The third-order valence-corrected chi connectivity index (χ3v) is 1.08. The van der Waals surface area contributed by atoms with Crippen molar-refractivity contribution in [1.82, 2.24) is 5.73 Å². The zero-order chi connectivity index (χ0) is 8.36. The van der Waals surface area contributed by atoms with E-state index in [1.165, 1.54) is 0 Å². The van der Waals surface area contributed by atoms with Gasteiger partial charge in [-0.25, -0.2) is 5.73 Å². The monoisotopic (exact) mass is 142 g/mol. The largest absolute Gasteiger partial charge is 0.367 e. The molecule has 5 N–H and O–H groups in total. The highest BCUT2D eigenvalue weighted by molar-refractivity contribution is 6.10. The van der Waals surface area contributed by atoms with Crippen LogP contribution < -0.4 is 17.2 Å². The Morgan fingerprint density at radius 3 is 1.70 bits per heavy atom. The Morgan fingerprint density at radius 1 is 1.40 bits per heavy atom. The molecular formula is C5H8N3O2. The van der Waals surface area contributed by atoms with Gasteiger partial charge >= 0.3 is 0 Å². The third kappa shape index (κ3) is 1.14. The summed E-state index contributed by atoms with van der Waals surface area (Å²) in [6, 6.07) is 0. The van der Waals surface area contributed by atoms with E-state index < -0.39 is 17.4 Å². The molecule has 0 aromatic rings. The first-order valence-corrected chi connectivity index (χ1v) is 2.43. The van der Waals surface area contributed by atoms with E-state index in [9.17, 15) is 9.59 Å². The van der Waals surface area contributed by atoms with E-state index in [0.29, 0.717) is 0 Å². The summed E-state index contributed by atoms with van der Waals surface area (Å²) in [5, 5.41) is 0. The molecule has 0 spiro atoms. The van der Waals surface area contributed by atoms with Gasteiger partial charge in [0.2, 0.25) is 5.54 Å². The molecule has 0 saturated carbocycles. The van der Waals surface area contributed by atoms with Crippen molar-refractivity contribution in [2.45, 2.75) is 5.54 Å². The maximum atomic E-state index is 10.4. The first kappa shape index (κ1) is 8.64. The van der Waals surface area contributed by atoms with Gasteiger partial charge in [-0.1, -0.05) is 6.08 Å². The normalized spacial score (nSPS) is 10.5. The molecule has 0 aliphatic rings. The van der Waals surface area contributed by atoms with Crippen LogP contribution in [-0.2, 0) is 9.59 Å². The molecular weight excluding hydrogens is 134 g/mol. The van der Waals surface area contributed by atoms with Gasteiger partial charge in [-0.3, -0.25) is 9.59 Å². The van der Waals surface area contributed by atoms with Gasteiger partial charge in [0.15, 0.2) is 0 Å². The molecule has 0 aromatic heterocycles. The lowest BCUT2D eigenvalue weighted by atomic mass is 10.0. The van der Waals surface area contributed by atoms with Crippen molar-refractivity contribution in [2.75, 3.05) is 0 Å². The molecule has 5 nitrogen and oxygen atoms in total. The molecule has 0 bridgehead atoms. The van der Waals surface area contributed by atoms with E-state index in [4.69, 9.17) is 5.73 Å². The maximum Gasteiger partial charge on any atom is 0.252 e. The molecule has 0 atom stereocenters. The molecule has 0 heterocycles. The van der Waals surface area contributed by atoms with Gasteiger partial charge in [0.05, 0.1) is 0 Å². The van der Waals surface area contributed by atoms with E-state index in [0.717, 1.165) is 6.08 Å². The first-order valence-electron chi connectivity index (χ1n) is 2.43. The van der Waals surface area contributed by atoms with E-state index >= 15 is 0 Å². The fourth-order valence-corrected chi connectivity index (χ4v) is 0.323. The number of hydrogen-bond acceptors (Lipinski definition) is 2. The minimum Gasteiger partial charge on any atom is -0.367 e. The van der Waals surface area contributed by atoms with Crippen LogP contribution in [0.25, 0.3) is 0 Å². The first-order chi connectivity index (χ1) is 4.45. The Morgan fingerprint density at radius 2 is 1.70 bits per heavy atom. The van der Waals surface area contributed by atoms with Gasteiger partial charge in [-0.15, -0.1) is 6.58 Å². The summed E-state index contributed by atoms with van der Waals surface area (Å²) in [5.74, 6) is -2.23. The zero-order valence-electron chi connectivity index (χ0n) is 5.26. The lowest BCUT2D eigenvalue weighted by Gasteiger charge is -2.14. The van der Waals surface area contributed by atoms with Gasteiger partial charge in [-0.2, -0.15) is 0 Å². The van der Waals surface area contributed by atoms with Crippen LogP contribution in [0, 0.1) is 0 Å². The number of primary amides is 2. The van der Waals surface area contributed by atoms with E-state index in [1.54, 1.807) is 0 Å². The van der Waals surface area contributed by atoms with Crippen molar-refractivity contribution >= 4 is 11.8 Å². The summed E-state index contributed by atoms with van der Waals surface area (Å²) in [6.45, 7) is 3.09. The molecule has 0 saturated heterocycles. The second kappa shape index (κ2) is 2.49. The van der Waals surface area contributed by atoms with Gasteiger partial charge in [-0.05, 0) is 0 Å². The van der Waals surface area contributed by atoms with Gasteiger partial charge in [0.25, 0.3) is 11.8 Å². The van der Waals surface area contributed by atoms with Gasteiger partial charge in [0.1, 0.15) is 0 Å². The maximum absolute atomic E-state index is 10.4. The average Bonchev–Trinajstić information content (AvgIpc) is 1.85. The molecule has 0 aromatic carbocycles. The summed E-state index contributed by atoms with van der Waals surface area (Å²) in [6.07, 6.45) is 0.803. The molecule has 2 amide bonds. The predicted octanol–water partition coefficient (Wildman–Crippen LogP) is -1.84. The van der Waals surface area contributed by atoms with Crippen molar-refractivity contribution in [3.63, 3.8) is 0 Å². The Bertz CT molecular complexity index is 173. The zero-order valence-corrected chi connectivity index (χ0v) is 5.26. The Balaban J connectivity index is 4.72. The number of amides is 2. The predicted molar refractivity (Wildman–Crippen MR) is 34.4 cm³/mol. The molecule has 10 heavy (non-hydrogen) atoms.